The van der Waals surface area contributed by atoms with E-state index in [-0.39, 0.29) is 11.4 Å². The first-order valence-corrected chi connectivity index (χ1v) is 7.56. The Morgan fingerprint density at radius 3 is 2.75 bits per heavy atom. The van der Waals surface area contributed by atoms with Crippen molar-refractivity contribution in [1.29, 1.82) is 0 Å². The van der Waals surface area contributed by atoms with Crippen LogP contribution in [0.25, 0.3) is 0 Å². The summed E-state index contributed by atoms with van der Waals surface area (Å²) in [6.07, 6.45) is 6.43. The average Bonchev–Trinajstić information content (AvgIpc) is 2.48. The van der Waals surface area contributed by atoms with Gasteiger partial charge in [0.2, 0.25) is 0 Å². The normalized spacial score (nSPS) is 22.0. The Morgan fingerprint density at radius 2 is 2.05 bits per heavy atom. The molecule has 0 unspecified atom stereocenters. The number of methoxy groups -OCH3 is 1. The van der Waals surface area contributed by atoms with Gasteiger partial charge in [-0.2, -0.15) is 0 Å². The Hall–Kier alpha value is -1.29. The molecule has 3 rings (SSSR count). The highest BCUT2D eigenvalue weighted by Gasteiger charge is 2.36. The first kappa shape index (κ1) is 13.7. The second kappa shape index (κ2) is 5.60. The Labute approximate surface area is 120 Å². The second-order valence-electron chi connectivity index (χ2n) is 6.01. The number of benzene rings is 1. The molecule has 4 heteroatoms. The van der Waals surface area contributed by atoms with Crippen LogP contribution < -0.4 is 15.0 Å². The Morgan fingerprint density at radius 1 is 1.25 bits per heavy atom. The third-order valence-corrected chi connectivity index (χ3v) is 4.69. The molecule has 0 bridgehead atoms. The quantitative estimate of drug-likeness (QED) is 0.900. The van der Waals surface area contributed by atoms with Gasteiger partial charge in [-0.05, 0) is 25.0 Å². The Kier molecular flexibility index (Phi) is 3.83. The van der Waals surface area contributed by atoms with E-state index >= 15 is 0 Å². The molecule has 2 aliphatic rings. The molecule has 0 atom stereocenters. The number of nitrogens with one attached hydrogen (secondary N) is 1. The number of nitrogens with zero attached hydrogens (tertiary/aromatic N) is 1. The SMILES string of the molecule is COc1ccc(N2CCNC3(CCCCC3)C2)cc1F. The summed E-state index contributed by atoms with van der Waals surface area (Å²) in [6.45, 7) is 2.90. The summed E-state index contributed by atoms with van der Waals surface area (Å²) < 4.78 is 18.9. The van der Waals surface area contributed by atoms with Crippen LogP contribution in [0, 0.1) is 5.82 Å². The molecule has 3 nitrogen and oxygen atoms in total. The lowest BCUT2D eigenvalue weighted by Crippen LogP contribution is -2.61. The Balaban J connectivity index is 1.78. The molecule has 1 N–H and O–H groups in total. The maximum atomic E-state index is 13.9. The van der Waals surface area contributed by atoms with E-state index in [9.17, 15) is 4.39 Å². The third-order valence-electron chi connectivity index (χ3n) is 4.69. The predicted octanol–water partition coefficient (Wildman–Crippen LogP) is 2.95. The van der Waals surface area contributed by atoms with Crippen LogP contribution in [-0.2, 0) is 0 Å². The Bertz CT molecular complexity index is 466. The van der Waals surface area contributed by atoms with E-state index in [1.807, 2.05) is 6.07 Å². The van der Waals surface area contributed by atoms with Crippen molar-refractivity contribution in [3.63, 3.8) is 0 Å². The minimum absolute atomic E-state index is 0.243. The van der Waals surface area contributed by atoms with Crippen LogP contribution in [0.4, 0.5) is 10.1 Å². The zero-order chi connectivity index (χ0) is 14.0. The van der Waals surface area contributed by atoms with Crippen molar-refractivity contribution in [3.8, 4) is 5.75 Å². The zero-order valence-electron chi connectivity index (χ0n) is 12.1. The summed E-state index contributed by atoms with van der Waals surface area (Å²) in [5.74, 6) is 0.0393. The highest BCUT2D eigenvalue weighted by Crippen LogP contribution is 2.33. The van der Waals surface area contributed by atoms with Crippen LogP contribution in [0.1, 0.15) is 32.1 Å². The molecule has 1 aliphatic heterocycles. The minimum atomic E-state index is -0.277. The lowest BCUT2D eigenvalue weighted by Gasteiger charge is -2.47. The van der Waals surface area contributed by atoms with Crippen LogP contribution in [-0.4, -0.2) is 32.3 Å². The number of halogens is 1. The molecule has 20 heavy (non-hydrogen) atoms. The maximum absolute atomic E-state index is 13.9. The molecule has 1 saturated carbocycles. The van der Waals surface area contributed by atoms with Gasteiger partial charge in [-0.3, -0.25) is 0 Å². The summed E-state index contributed by atoms with van der Waals surface area (Å²) in [6, 6.07) is 5.28. The van der Waals surface area contributed by atoms with Crippen LogP contribution >= 0.6 is 0 Å². The van der Waals surface area contributed by atoms with Gasteiger partial charge in [0.05, 0.1) is 7.11 Å². The third kappa shape index (κ3) is 2.62. The molecule has 110 valence electrons. The van der Waals surface area contributed by atoms with Crippen molar-refractivity contribution in [1.82, 2.24) is 5.32 Å². The van der Waals surface area contributed by atoms with Crippen molar-refractivity contribution in [2.45, 2.75) is 37.6 Å². The topological polar surface area (TPSA) is 24.5 Å². The summed E-state index contributed by atoms with van der Waals surface area (Å²) >= 11 is 0. The standard InChI is InChI=1S/C16H23FN2O/c1-20-15-6-5-13(11-14(15)17)19-10-9-18-16(12-19)7-3-2-4-8-16/h5-6,11,18H,2-4,7-10,12H2,1H3. The fourth-order valence-electron chi connectivity index (χ4n) is 3.59. The van der Waals surface area contributed by atoms with Gasteiger partial charge in [0.25, 0.3) is 0 Å². The first-order valence-electron chi connectivity index (χ1n) is 7.56. The van der Waals surface area contributed by atoms with Gasteiger partial charge in [0.1, 0.15) is 0 Å². The number of anilines is 1. The average molecular weight is 278 g/mol. The number of rotatable bonds is 2. The molecular formula is C16H23FN2O. The largest absolute Gasteiger partial charge is 0.494 e. The molecule has 2 fully saturated rings. The lowest BCUT2D eigenvalue weighted by atomic mass is 9.80. The zero-order valence-corrected chi connectivity index (χ0v) is 12.1. The fourth-order valence-corrected chi connectivity index (χ4v) is 3.59. The van der Waals surface area contributed by atoms with Crippen LogP contribution in [0.3, 0.4) is 0 Å². The minimum Gasteiger partial charge on any atom is -0.494 e. The van der Waals surface area contributed by atoms with Gasteiger partial charge in [-0.25, -0.2) is 4.39 Å². The number of hydrogen-bond donors (Lipinski definition) is 1. The second-order valence-corrected chi connectivity index (χ2v) is 6.01. The van der Waals surface area contributed by atoms with E-state index in [0.717, 1.165) is 25.3 Å². The number of hydrogen-bond acceptors (Lipinski definition) is 3. The monoisotopic (exact) mass is 278 g/mol. The van der Waals surface area contributed by atoms with Crippen LogP contribution in [0.15, 0.2) is 18.2 Å². The van der Waals surface area contributed by atoms with Gasteiger partial charge in [0, 0.05) is 36.9 Å². The lowest BCUT2D eigenvalue weighted by molar-refractivity contribution is 0.216. The molecule has 1 spiro atoms. The summed E-state index contributed by atoms with van der Waals surface area (Å²) in [5, 5.41) is 3.71. The van der Waals surface area contributed by atoms with Crippen molar-refractivity contribution in [3.05, 3.63) is 24.0 Å². The first-order chi connectivity index (χ1) is 9.72. The highest BCUT2D eigenvalue weighted by atomic mass is 19.1. The summed E-state index contributed by atoms with van der Waals surface area (Å²) in [7, 11) is 1.50. The van der Waals surface area contributed by atoms with E-state index < -0.39 is 0 Å². The van der Waals surface area contributed by atoms with Gasteiger partial charge in [-0.15, -0.1) is 0 Å². The molecule has 1 heterocycles. The summed E-state index contributed by atoms with van der Waals surface area (Å²) in [4.78, 5) is 2.31. The fraction of sp³-hybridized carbons (Fsp3) is 0.625. The molecule has 0 amide bonds. The van der Waals surface area contributed by atoms with E-state index in [0.29, 0.717) is 5.75 Å². The van der Waals surface area contributed by atoms with E-state index in [4.69, 9.17) is 4.74 Å². The number of ether oxygens (including phenoxy) is 1. The highest BCUT2D eigenvalue weighted by molar-refractivity contribution is 5.51. The van der Waals surface area contributed by atoms with Crippen LogP contribution in [0.2, 0.25) is 0 Å². The molecule has 1 aromatic rings. The van der Waals surface area contributed by atoms with Crippen molar-refractivity contribution in [2.75, 3.05) is 31.6 Å². The van der Waals surface area contributed by atoms with Crippen molar-refractivity contribution >= 4 is 5.69 Å². The van der Waals surface area contributed by atoms with E-state index in [2.05, 4.69) is 10.2 Å². The van der Waals surface area contributed by atoms with Gasteiger partial charge >= 0.3 is 0 Å². The van der Waals surface area contributed by atoms with Crippen molar-refractivity contribution in [2.24, 2.45) is 0 Å². The molecule has 1 saturated heterocycles. The summed E-state index contributed by atoms with van der Waals surface area (Å²) in [5.41, 5.74) is 1.21. The molecule has 1 aliphatic carbocycles. The molecular weight excluding hydrogens is 255 g/mol. The predicted molar refractivity (Wildman–Crippen MR) is 79.0 cm³/mol. The molecule has 0 radical (unpaired) electrons. The van der Waals surface area contributed by atoms with E-state index in [1.165, 1.54) is 39.2 Å². The van der Waals surface area contributed by atoms with E-state index in [1.54, 1.807) is 12.1 Å². The maximum Gasteiger partial charge on any atom is 0.167 e. The smallest absolute Gasteiger partial charge is 0.167 e. The van der Waals surface area contributed by atoms with Gasteiger partial charge < -0.3 is 15.0 Å². The van der Waals surface area contributed by atoms with Crippen LogP contribution in [0.5, 0.6) is 5.75 Å². The van der Waals surface area contributed by atoms with Gasteiger partial charge in [-0.1, -0.05) is 19.3 Å². The van der Waals surface area contributed by atoms with Crippen molar-refractivity contribution < 1.29 is 9.13 Å². The van der Waals surface area contributed by atoms with Gasteiger partial charge in [0.15, 0.2) is 11.6 Å². The number of piperazine rings is 1. The molecule has 0 aromatic heterocycles. The molecule has 1 aromatic carbocycles.